The standard InChI is InChI=1S/C17H24O2/c1-12-9-10-17(4,13(12)2)16-7-5-15(6-8-16)11-19-14(3)18/h5,8,13H,1,6-7,9-11H2,2-4H3/t13-,17+/m0/s1. The lowest BCUT2D eigenvalue weighted by molar-refractivity contribution is -0.140. The van der Waals surface area contributed by atoms with Crippen molar-refractivity contribution < 1.29 is 9.53 Å². The third-order valence-electron chi connectivity index (χ3n) is 4.95. The van der Waals surface area contributed by atoms with Crippen molar-refractivity contribution in [1.29, 1.82) is 0 Å². The van der Waals surface area contributed by atoms with E-state index in [1.807, 2.05) is 0 Å². The number of ether oxygens (including phenoxy) is 1. The third kappa shape index (κ3) is 2.83. The van der Waals surface area contributed by atoms with Crippen LogP contribution in [0.3, 0.4) is 0 Å². The summed E-state index contributed by atoms with van der Waals surface area (Å²) in [6.07, 6.45) is 8.85. The molecule has 0 bridgehead atoms. The number of hydrogen-bond donors (Lipinski definition) is 0. The summed E-state index contributed by atoms with van der Waals surface area (Å²) in [6, 6.07) is 0. The van der Waals surface area contributed by atoms with Gasteiger partial charge in [-0.2, -0.15) is 0 Å². The van der Waals surface area contributed by atoms with Crippen molar-refractivity contribution in [2.45, 2.75) is 46.5 Å². The Morgan fingerprint density at radius 1 is 1.47 bits per heavy atom. The molecule has 0 N–H and O–H groups in total. The average Bonchev–Trinajstić information content (AvgIpc) is 2.66. The van der Waals surface area contributed by atoms with Gasteiger partial charge in [-0.15, -0.1) is 0 Å². The van der Waals surface area contributed by atoms with Crippen LogP contribution in [0, 0.1) is 11.3 Å². The molecular formula is C17H24O2. The van der Waals surface area contributed by atoms with Crippen LogP contribution in [0.2, 0.25) is 0 Å². The van der Waals surface area contributed by atoms with Crippen molar-refractivity contribution in [2.75, 3.05) is 6.61 Å². The topological polar surface area (TPSA) is 26.3 Å². The van der Waals surface area contributed by atoms with Gasteiger partial charge in [0.2, 0.25) is 0 Å². The summed E-state index contributed by atoms with van der Waals surface area (Å²) in [7, 11) is 0. The lowest BCUT2D eigenvalue weighted by Crippen LogP contribution is -2.24. The first-order chi connectivity index (χ1) is 8.93. The summed E-state index contributed by atoms with van der Waals surface area (Å²) >= 11 is 0. The van der Waals surface area contributed by atoms with E-state index in [0.717, 1.165) is 19.3 Å². The lowest BCUT2D eigenvalue weighted by Gasteiger charge is -2.34. The van der Waals surface area contributed by atoms with Crippen molar-refractivity contribution in [3.05, 3.63) is 35.5 Å². The molecule has 0 aromatic heterocycles. The maximum atomic E-state index is 10.8. The highest BCUT2D eigenvalue weighted by atomic mass is 16.5. The number of carbonyl (C=O) groups is 1. The molecule has 1 saturated carbocycles. The number of allylic oxidation sites excluding steroid dienone is 4. The van der Waals surface area contributed by atoms with E-state index in [2.05, 4.69) is 32.6 Å². The monoisotopic (exact) mass is 260 g/mol. The van der Waals surface area contributed by atoms with Gasteiger partial charge in [-0.1, -0.05) is 43.7 Å². The molecule has 1 fully saturated rings. The van der Waals surface area contributed by atoms with Gasteiger partial charge in [0.1, 0.15) is 6.61 Å². The molecule has 0 aromatic rings. The van der Waals surface area contributed by atoms with Gasteiger partial charge >= 0.3 is 5.97 Å². The maximum Gasteiger partial charge on any atom is 0.302 e. The third-order valence-corrected chi connectivity index (χ3v) is 4.95. The zero-order valence-corrected chi connectivity index (χ0v) is 12.3. The molecule has 0 radical (unpaired) electrons. The highest BCUT2D eigenvalue weighted by Crippen LogP contribution is 2.52. The average molecular weight is 260 g/mol. The Morgan fingerprint density at radius 2 is 2.21 bits per heavy atom. The molecular weight excluding hydrogens is 236 g/mol. The summed E-state index contributed by atoms with van der Waals surface area (Å²) in [4.78, 5) is 10.8. The van der Waals surface area contributed by atoms with Crippen molar-refractivity contribution in [3.8, 4) is 0 Å². The van der Waals surface area contributed by atoms with Gasteiger partial charge in [-0.25, -0.2) is 0 Å². The summed E-state index contributed by atoms with van der Waals surface area (Å²) in [5.41, 5.74) is 4.41. The molecule has 2 atom stereocenters. The number of esters is 1. The Hall–Kier alpha value is -1.31. The van der Waals surface area contributed by atoms with Gasteiger partial charge in [-0.05, 0) is 42.6 Å². The minimum absolute atomic E-state index is 0.205. The molecule has 2 aliphatic rings. The molecule has 2 nitrogen and oxygen atoms in total. The van der Waals surface area contributed by atoms with E-state index >= 15 is 0 Å². The van der Waals surface area contributed by atoms with Crippen LogP contribution in [-0.2, 0) is 9.53 Å². The largest absolute Gasteiger partial charge is 0.461 e. The van der Waals surface area contributed by atoms with Crippen LogP contribution in [0.15, 0.2) is 35.5 Å². The van der Waals surface area contributed by atoms with Crippen molar-refractivity contribution in [2.24, 2.45) is 11.3 Å². The van der Waals surface area contributed by atoms with Crippen molar-refractivity contribution in [1.82, 2.24) is 0 Å². The van der Waals surface area contributed by atoms with E-state index in [-0.39, 0.29) is 11.4 Å². The first kappa shape index (κ1) is 14.1. The molecule has 0 saturated heterocycles. The van der Waals surface area contributed by atoms with Crippen LogP contribution >= 0.6 is 0 Å². The van der Waals surface area contributed by atoms with Crippen LogP contribution in [-0.4, -0.2) is 12.6 Å². The Kier molecular flexibility index (Phi) is 3.98. The zero-order chi connectivity index (χ0) is 14.0. The Morgan fingerprint density at radius 3 is 2.68 bits per heavy atom. The Bertz CT molecular complexity index is 456. The minimum atomic E-state index is -0.205. The molecule has 0 amide bonds. The minimum Gasteiger partial charge on any atom is -0.461 e. The molecule has 2 rings (SSSR count). The summed E-state index contributed by atoms with van der Waals surface area (Å²) in [5.74, 6) is 0.366. The van der Waals surface area contributed by atoms with Gasteiger partial charge in [-0.3, -0.25) is 4.79 Å². The predicted molar refractivity (Wildman–Crippen MR) is 77.7 cm³/mol. The number of carbonyl (C=O) groups excluding carboxylic acids is 1. The lowest BCUT2D eigenvalue weighted by atomic mass is 9.71. The molecule has 2 heteroatoms. The first-order valence-electron chi connectivity index (χ1n) is 7.12. The highest BCUT2D eigenvalue weighted by molar-refractivity contribution is 5.66. The van der Waals surface area contributed by atoms with E-state index in [0.29, 0.717) is 12.5 Å². The SMILES string of the molecule is C=C1CC[C@@](C)(C2=CCC(COC(C)=O)=CC2)[C@H]1C. The Balaban J connectivity index is 1.99. The molecule has 0 heterocycles. The summed E-state index contributed by atoms with van der Waals surface area (Å²) in [5, 5.41) is 0. The van der Waals surface area contributed by atoms with Crippen LogP contribution in [0.1, 0.15) is 46.5 Å². The predicted octanol–water partition coefficient (Wildman–Crippen LogP) is 4.19. The van der Waals surface area contributed by atoms with Crippen LogP contribution in [0.4, 0.5) is 0 Å². The van der Waals surface area contributed by atoms with Gasteiger partial charge in [0.15, 0.2) is 0 Å². The fraction of sp³-hybridized carbons (Fsp3) is 0.588. The quantitative estimate of drug-likeness (QED) is 0.562. The highest BCUT2D eigenvalue weighted by Gasteiger charge is 2.40. The van der Waals surface area contributed by atoms with Gasteiger partial charge in [0.25, 0.3) is 0 Å². The van der Waals surface area contributed by atoms with E-state index in [1.165, 1.54) is 30.1 Å². The van der Waals surface area contributed by atoms with Gasteiger partial charge in [0.05, 0.1) is 0 Å². The molecule has 0 aliphatic heterocycles. The van der Waals surface area contributed by atoms with E-state index in [4.69, 9.17) is 4.74 Å². The van der Waals surface area contributed by atoms with E-state index in [9.17, 15) is 4.79 Å². The number of rotatable bonds is 3. The van der Waals surface area contributed by atoms with E-state index < -0.39 is 0 Å². The van der Waals surface area contributed by atoms with Crippen LogP contribution < -0.4 is 0 Å². The number of hydrogen-bond acceptors (Lipinski definition) is 2. The van der Waals surface area contributed by atoms with Crippen molar-refractivity contribution in [3.63, 3.8) is 0 Å². The molecule has 19 heavy (non-hydrogen) atoms. The molecule has 0 aromatic carbocycles. The fourth-order valence-electron chi connectivity index (χ4n) is 3.20. The van der Waals surface area contributed by atoms with Gasteiger partial charge in [0, 0.05) is 6.92 Å². The van der Waals surface area contributed by atoms with Crippen molar-refractivity contribution >= 4 is 5.97 Å². The summed E-state index contributed by atoms with van der Waals surface area (Å²) < 4.78 is 5.05. The zero-order valence-electron chi connectivity index (χ0n) is 12.3. The van der Waals surface area contributed by atoms with Gasteiger partial charge < -0.3 is 4.74 Å². The second-order valence-electron chi connectivity index (χ2n) is 6.08. The fourth-order valence-corrected chi connectivity index (χ4v) is 3.20. The molecule has 2 aliphatic carbocycles. The van der Waals surface area contributed by atoms with Crippen LogP contribution in [0.5, 0.6) is 0 Å². The normalized spacial score (nSPS) is 30.9. The smallest absolute Gasteiger partial charge is 0.302 e. The Labute approximate surface area is 116 Å². The van der Waals surface area contributed by atoms with E-state index in [1.54, 1.807) is 0 Å². The van der Waals surface area contributed by atoms with Crippen LogP contribution in [0.25, 0.3) is 0 Å². The first-order valence-corrected chi connectivity index (χ1v) is 7.12. The molecule has 0 unspecified atom stereocenters. The second-order valence-corrected chi connectivity index (χ2v) is 6.08. The summed E-state index contributed by atoms with van der Waals surface area (Å²) in [6.45, 7) is 10.8. The molecule has 104 valence electrons. The second kappa shape index (κ2) is 5.36. The maximum absolute atomic E-state index is 10.8. The molecule has 0 spiro atoms.